The molecule has 0 fully saturated rings. The molecule has 390 valence electrons. The maximum Gasteiger partial charge on any atom is 0.343 e. The van der Waals surface area contributed by atoms with Gasteiger partial charge in [-0.1, -0.05) is 65.8 Å². The van der Waals surface area contributed by atoms with Gasteiger partial charge in [0.25, 0.3) is 17.7 Å². The van der Waals surface area contributed by atoms with Gasteiger partial charge in [-0.05, 0) is 244 Å². The predicted molar refractivity (Wildman–Crippen MR) is 298 cm³/mol. The first kappa shape index (κ1) is 55.3. The SMILES string of the molecule is CCc1cc(Cc2cc(C)c(C(C)(C)CC)c(CC)c2)cc(C)c1N1C(=O)c2ccc(C(=O)Oc3c(C)cc(-c4cc(C)c(OC(=O)c5ccc(C(=O)N(C=O)C(C)CC)c(C)c5)c(C)c4C)c(C)c3C)cc2C1=O. The number of anilines is 1. The second kappa shape index (κ2) is 21.8. The maximum absolute atomic E-state index is 14.3. The molecule has 0 radical (unpaired) electrons. The van der Waals surface area contributed by atoms with Crippen molar-refractivity contribution >= 4 is 41.8 Å². The molecule has 0 N–H and O–H groups in total. The molecule has 0 bridgehead atoms. The predicted octanol–water partition coefficient (Wildman–Crippen LogP) is 14.2. The van der Waals surface area contributed by atoms with Gasteiger partial charge in [0.15, 0.2) is 0 Å². The number of imide groups is 2. The molecule has 4 amide bonds. The van der Waals surface area contributed by atoms with Gasteiger partial charge in [-0.2, -0.15) is 0 Å². The van der Waals surface area contributed by atoms with Crippen LogP contribution in [-0.4, -0.2) is 47.0 Å². The van der Waals surface area contributed by atoms with E-state index >= 15 is 0 Å². The Hall–Kier alpha value is -7.46. The Balaban J connectivity index is 1.09. The number of ether oxygens (including phenoxy) is 2. The van der Waals surface area contributed by atoms with Crippen LogP contribution in [0.25, 0.3) is 11.1 Å². The molecule has 1 unspecified atom stereocenters. The van der Waals surface area contributed by atoms with E-state index in [0.29, 0.717) is 53.1 Å². The van der Waals surface area contributed by atoms with Crippen LogP contribution >= 0.6 is 0 Å². The summed E-state index contributed by atoms with van der Waals surface area (Å²) >= 11 is 0. The van der Waals surface area contributed by atoms with Crippen LogP contribution in [0, 0.1) is 62.3 Å². The molecule has 0 saturated heterocycles. The first-order valence-electron chi connectivity index (χ1n) is 26.3. The number of nitrogens with zero attached hydrogens (tertiary/aromatic N) is 2. The lowest BCUT2D eigenvalue weighted by molar-refractivity contribution is -0.117. The van der Waals surface area contributed by atoms with Gasteiger partial charge in [0.1, 0.15) is 11.5 Å². The van der Waals surface area contributed by atoms with Crippen molar-refractivity contribution < 1.29 is 38.2 Å². The quantitative estimate of drug-likeness (QED) is 0.0406. The van der Waals surface area contributed by atoms with Gasteiger partial charge >= 0.3 is 11.9 Å². The Morgan fingerprint density at radius 2 is 1.09 bits per heavy atom. The smallest absolute Gasteiger partial charge is 0.343 e. The van der Waals surface area contributed by atoms with Gasteiger partial charge in [-0.3, -0.25) is 24.1 Å². The number of carbonyl (C=O) groups is 6. The van der Waals surface area contributed by atoms with Crippen LogP contribution in [0.3, 0.4) is 0 Å². The first-order valence-corrected chi connectivity index (χ1v) is 26.3. The Morgan fingerprint density at radius 3 is 1.60 bits per heavy atom. The second-order valence-electron chi connectivity index (χ2n) is 21.2. The van der Waals surface area contributed by atoms with Crippen LogP contribution < -0.4 is 14.4 Å². The number of benzene rings is 6. The average molecular weight is 1010 g/mol. The van der Waals surface area contributed by atoms with Gasteiger partial charge in [0.2, 0.25) is 6.41 Å². The Kier molecular flexibility index (Phi) is 16.1. The summed E-state index contributed by atoms with van der Waals surface area (Å²) in [5, 5.41) is 0. The fourth-order valence-electron chi connectivity index (χ4n) is 10.9. The van der Waals surface area contributed by atoms with E-state index in [1.807, 2.05) is 74.4 Å². The summed E-state index contributed by atoms with van der Waals surface area (Å²) in [7, 11) is 0. The molecular weight excluding hydrogens is 937 g/mol. The largest absolute Gasteiger partial charge is 0.422 e. The minimum absolute atomic E-state index is 0.0818. The highest BCUT2D eigenvalue weighted by Gasteiger charge is 2.39. The molecular formula is C65H72N2O8. The van der Waals surface area contributed by atoms with Crippen molar-refractivity contribution in [3.8, 4) is 22.6 Å². The minimum Gasteiger partial charge on any atom is -0.422 e. The van der Waals surface area contributed by atoms with Crippen molar-refractivity contribution in [2.45, 2.75) is 154 Å². The molecule has 6 aromatic rings. The fraction of sp³-hybridized carbons (Fsp3) is 0.354. The van der Waals surface area contributed by atoms with E-state index in [-0.39, 0.29) is 33.7 Å². The normalized spacial score (nSPS) is 12.7. The first-order chi connectivity index (χ1) is 35.4. The Bertz CT molecular complexity index is 3360. The van der Waals surface area contributed by atoms with Crippen molar-refractivity contribution in [2.75, 3.05) is 4.90 Å². The number of rotatable bonds is 16. The Labute approximate surface area is 443 Å². The summed E-state index contributed by atoms with van der Waals surface area (Å²) in [5.74, 6) is -1.74. The Morgan fingerprint density at radius 1 is 0.587 bits per heavy atom. The molecule has 1 aliphatic rings. The number of esters is 2. The lowest BCUT2D eigenvalue weighted by atomic mass is 9.76. The molecule has 0 aliphatic carbocycles. The number of amides is 4. The standard InChI is InChI=1S/C65H72N2O8/c1-17-40(10)66(34-68)60(69)51-23-21-49(27-35(51)5)63(72)74-58-38(8)28-53(41(11)43(58)13)54-29-39(9)59(44(14)42(54)12)75-64(73)50-22-24-52-55(33-50)62(71)67(61(52)70)57-37(7)26-46(32-48(57)19-3)30-45-25-36(6)56(47(18-2)31-45)65(15,16)20-4/h21-29,31-34,40H,17-20,30H2,1-16H3. The molecule has 75 heavy (non-hydrogen) atoms. The molecule has 7 rings (SSSR count). The number of carbonyl (C=O) groups excluding carboxylic acids is 6. The van der Waals surface area contributed by atoms with Gasteiger partial charge in [-0.15, -0.1) is 0 Å². The number of hydrogen-bond donors (Lipinski definition) is 0. The summed E-state index contributed by atoms with van der Waals surface area (Å²) in [6.45, 7) is 32.2. The van der Waals surface area contributed by atoms with Gasteiger partial charge in [0.05, 0.1) is 27.9 Å². The van der Waals surface area contributed by atoms with Crippen molar-refractivity contribution in [1.29, 1.82) is 0 Å². The van der Waals surface area contributed by atoms with Crippen LogP contribution in [0.1, 0.15) is 191 Å². The van der Waals surface area contributed by atoms with E-state index in [9.17, 15) is 28.8 Å². The average Bonchev–Trinajstić information content (AvgIpc) is 3.62. The van der Waals surface area contributed by atoms with Crippen LogP contribution in [0.15, 0.2) is 72.8 Å². The fourth-order valence-corrected chi connectivity index (χ4v) is 10.9. The van der Waals surface area contributed by atoms with Crippen molar-refractivity contribution in [3.63, 3.8) is 0 Å². The summed E-state index contributed by atoms with van der Waals surface area (Å²) < 4.78 is 12.2. The summed E-state index contributed by atoms with van der Waals surface area (Å²) in [4.78, 5) is 83.4. The lowest BCUT2D eigenvalue weighted by Gasteiger charge is -2.29. The zero-order valence-electron chi connectivity index (χ0n) is 46.8. The molecule has 0 spiro atoms. The van der Waals surface area contributed by atoms with Gasteiger partial charge in [-0.25, -0.2) is 14.5 Å². The minimum atomic E-state index is -0.656. The highest BCUT2D eigenvalue weighted by Crippen LogP contribution is 2.42. The van der Waals surface area contributed by atoms with E-state index in [0.717, 1.165) is 79.8 Å². The van der Waals surface area contributed by atoms with Gasteiger partial charge in [0, 0.05) is 11.6 Å². The number of aryl methyl sites for hydroxylation is 7. The number of hydrogen-bond acceptors (Lipinski definition) is 8. The zero-order chi connectivity index (χ0) is 55.1. The highest BCUT2D eigenvalue weighted by atomic mass is 16.5. The van der Waals surface area contributed by atoms with E-state index in [1.165, 1.54) is 45.4 Å². The molecule has 1 atom stereocenters. The topological polar surface area (TPSA) is 127 Å². The summed E-state index contributed by atoms with van der Waals surface area (Å²) in [5.41, 5.74) is 17.1. The maximum atomic E-state index is 14.3. The molecule has 1 heterocycles. The van der Waals surface area contributed by atoms with Crippen LogP contribution in [-0.2, 0) is 29.5 Å². The van der Waals surface area contributed by atoms with Crippen LogP contribution in [0.5, 0.6) is 11.5 Å². The third kappa shape index (κ3) is 10.4. The molecule has 10 nitrogen and oxygen atoms in total. The van der Waals surface area contributed by atoms with E-state index in [4.69, 9.17) is 9.47 Å². The second-order valence-corrected chi connectivity index (χ2v) is 21.2. The third-order valence-corrected chi connectivity index (χ3v) is 15.8. The molecule has 1 aliphatic heterocycles. The molecule has 6 aromatic carbocycles. The van der Waals surface area contributed by atoms with Crippen LogP contribution in [0.4, 0.5) is 5.69 Å². The lowest BCUT2D eigenvalue weighted by Crippen LogP contribution is -2.37. The third-order valence-electron chi connectivity index (χ3n) is 15.8. The van der Waals surface area contributed by atoms with Crippen LogP contribution in [0.2, 0.25) is 0 Å². The van der Waals surface area contributed by atoms with Crippen molar-refractivity contribution in [3.05, 3.63) is 179 Å². The van der Waals surface area contributed by atoms with E-state index in [2.05, 4.69) is 58.9 Å². The summed E-state index contributed by atoms with van der Waals surface area (Å²) in [6.07, 6.45) is 4.50. The van der Waals surface area contributed by atoms with Gasteiger partial charge < -0.3 is 9.47 Å². The molecule has 0 saturated carbocycles. The zero-order valence-corrected chi connectivity index (χ0v) is 46.8. The molecule has 10 heteroatoms. The summed E-state index contributed by atoms with van der Waals surface area (Å²) in [6, 6.07) is 21.8. The van der Waals surface area contributed by atoms with Crippen molar-refractivity contribution in [2.24, 2.45) is 0 Å². The molecule has 0 aromatic heterocycles. The van der Waals surface area contributed by atoms with Crippen molar-refractivity contribution in [1.82, 2.24) is 4.90 Å². The van der Waals surface area contributed by atoms with E-state index < -0.39 is 29.7 Å². The number of fused-ring (bicyclic) bond motifs is 1. The van der Waals surface area contributed by atoms with E-state index in [1.54, 1.807) is 32.0 Å². The monoisotopic (exact) mass is 1010 g/mol. The highest BCUT2D eigenvalue weighted by molar-refractivity contribution is 6.35.